The van der Waals surface area contributed by atoms with Gasteiger partial charge in [-0.3, -0.25) is 9.59 Å². The van der Waals surface area contributed by atoms with Crippen molar-refractivity contribution in [1.29, 1.82) is 0 Å². The Balaban J connectivity index is -0.000000720. The van der Waals surface area contributed by atoms with E-state index in [1.165, 1.54) is 0 Å². The second kappa shape index (κ2) is 7.24. The Bertz CT molecular complexity index is 238. The van der Waals surface area contributed by atoms with Gasteiger partial charge in [0.2, 0.25) is 0 Å². The van der Waals surface area contributed by atoms with Crippen LogP contribution in [0.25, 0.3) is 0 Å². The molecule has 87 valence electrons. The first-order valence-corrected chi connectivity index (χ1v) is 3.17. The zero-order valence-corrected chi connectivity index (χ0v) is 8.98. The van der Waals surface area contributed by atoms with Crippen molar-refractivity contribution in [1.82, 2.24) is 6.15 Å². The first-order chi connectivity index (χ1) is 5.78. The zero-order chi connectivity index (χ0) is 10.6. The van der Waals surface area contributed by atoms with E-state index in [1.54, 1.807) is 0 Å². The summed E-state index contributed by atoms with van der Waals surface area (Å²) in [6.07, 6.45) is -2.29. The summed E-state index contributed by atoms with van der Waals surface area (Å²) >= 11 is 0. The molecule has 0 rings (SSSR count). The number of aliphatic carboxylic acids is 3. The van der Waals surface area contributed by atoms with Crippen LogP contribution in [-0.4, -0.2) is 43.9 Å². The standard InChI is InChI=1S/C6H8O7.H3N.V/c7-3(8)1-6(13,5(11)12)2-4(9)10;;/h13H,1-2H2,(H,7,8)(H,9,10)(H,11,12);1H3;. The third kappa shape index (κ3) is 6.92. The van der Waals surface area contributed by atoms with Crippen molar-refractivity contribution in [3.8, 4) is 0 Å². The van der Waals surface area contributed by atoms with Gasteiger partial charge in [0, 0.05) is 18.6 Å². The molecule has 0 bridgehead atoms. The Hall–Kier alpha value is -1.09. The molecule has 0 aliphatic heterocycles. The molecule has 0 saturated heterocycles. The average Bonchev–Trinajstić information content (AvgIpc) is 1.82. The van der Waals surface area contributed by atoms with Crippen LogP contribution in [0, 0.1) is 0 Å². The predicted octanol–water partition coefficient (Wildman–Crippen LogP) is -1.09. The van der Waals surface area contributed by atoms with Crippen molar-refractivity contribution < 1.29 is 53.4 Å². The summed E-state index contributed by atoms with van der Waals surface area (Å²) in [6, 6.07) is 0. The molecule has 0 amide bonds. The van der Waals surface area contributed by atoms with Gasteiger partial charge in [0.05, 0.1) is 12.8 Å². The topological polar surface area (TPSA) is 167 Å². The van der Waals surface area contributed by atoms with Crippen LogP contribution in [0.5, 0.6) is 0 Å². The second-order valence-electron chi connectivity index (χ2n) is 2.48. The first-order valence-electron chi connectivity index (χ1n) is 3.17. The van der Waals surface area contributed by atoms with Crippen LogP contribution in [0.4, 0.5) is 0 Å². The number of hydrogen-bond donors (Lipinski definition) is 5. The zero-order valence-electron chi connectivity index (χ0n) is 7.58. The van der Waals surface area contributed by atoms with Crippen molar-refractivity contribution in [3.05, 3.63) is 0 Å². The van der Waals surface area contributed by atoms with E-state index in [-0.39, 0.29) is 24.7 Å². The van der Waals surface area contributed by atoms with E-state index in [9.17, 15) is 14.4 Å². The molecule has 0 atom stereocenters. The monoisotopic (exact) mass is 260 g/mol. The molecule has 0 fully saturated rings. The Morgan fingerprint density at radius 1 is 0.933 bits per heavy atom. The van der Waals surface area contributed by atoms with Crippen molar-refractivity contribution in [2.75, 3.05) is 0 Å². The summed E-state index contributed by atoms with van der Waals surface area (Å²) < 4.78 is 0. The molecule has 0 aliphatic carbocycles. The summed E-state index contributed by atoms with van der Waals surface area (Å²) in [7, 11) is 0. The molecule has 9 heteroatoms. The summed E-state index contributed by atoms with van der Waals surface area (Å²) in [4.78, 5) is 30.5. The van der Waals surface area contributed by atoms with Crippen molar-refractivity contribution in [3.63, 3.8) is 0 Å². The van der Waals surface area contributed by atoms with Gasteiger partial charge in [-0.05, 0) is 0 Å². The van der Waals surface area contributed by atoms with Crippen molar-refractivity contribution in [2.45, 2.75) is 18.4 Å². The first kappa shape index (κ1) is 19.5. The third-order valence-electron chi connectivity index (χ3n) is 1.29. The molecule has 0 aromatic heterocycles. The van der Waals surface area contributed by atoms with Gasteiger partial charge in [0.15, 0.2) is 5.60 Å². The number of carbonyl (C=O) groups is 3. The molecule has 0 aromatic rings. The fraction of sp³-hybridized carbons (Fsp3) is 0.500. The van der Waals surface area contributed by atoms with Crippen molar-refractivity contribution in [2.24, 2.45) is 0 Å². The van der Waals surface area contributed by atoms with Gasteiger partial charge in [-0.2, -0.15) is 0 Å². The summed E-state index contributed by atoms with van der Waals surface area (Å²) in [5.74, 6) is -5.02. The van der Waals surface area contributed by atoms with Crippen molar-refractivity contribution >= 4 is 17.9 Å². The normalized spacial score (nSPS) is 9.40. The smallest absolute Gasteiger partial charge is 0.336 e. The molecule has 8 nitrogen and oxygen atoms in total. The van der Waals surface area contributed by atoms with E-state index >= 15 is 0 Å². The van der Waals surface area contributed by atoms with Gasteiger partial charge in [-0.15, -0.1) is 0 Å². The van der Waals surface area contributed by atoms with Gasteiger partial charge < -0.3 is 26.6 Å². The predicted molar refractivity (Wildman–Crippen MR) is 42.1 cm³/mol. The number of rotatable bonds is 5. The Morgan fingerprint density at radius 3 is 1.33 bits per heavy atom. The minimum Gasteiger partial charge on any atom is -0.481 e. The molecule has 0 aliphatic rings. The van der Waals surface area contributed by atoms with Gasteiger partial charge in [-0.25, -0.2) is 4.79 Å². The van der Waals surface area contributed by atoms with Gasteiger partial charge in [0.1, 0.15) is 0 Å². The Labute approximate surface area is 96.4 Å². The Morgan fingerprint density at radius 2 is 1.20 bits per heavy atom. The van der Waals surface area contributed by atoms with E-state index in [1.807, 2.05) is 0 Å². The fourth-order valence-corrected chi connectivity index (χ4v) is 0.714. The molecule has 0 saturated carbocycles. The largest absolute Gasteiger partial charge is 0.481 e. The molecule has 7 N–H and O–H groups in total. The van der Waals surface area contributed by atoms with Crippen LogP contribution in [0.3, 0.4) is 0 Å². The van der Waals surface area contributed by atoms with Crippen LogP contribution in [0.15, 0.2) is 0 Å². The number of carboxylic acids is 3. The van der Waals surface area contributed by atoms with Crippen LogP contribution in [0.2, 0.25) is 0 Å². The SMILES string of the molecule is N.O=C(O)CC(O)(CC(=O)O)C(=O)O.[V]. The molecule has 0 heterocycles. The van der Waals surface area contributed by atoms with Gasteiger partial charge >= 0.3 is 17.9 Å². The summed E-state index contributed by atoms with van der Waals surface area (Å²) in [5.41, 5.74) is -2.74. The number of hydrogen-bond acceptors (Lipinski definition) is 5. The van der Waals surface area contributed by atoms with E-state index in [2.05, 4.69) is 0 Å². The average molecular weight is 260 g/mol. The maximum atomic E-state index is 10.3. The van der Waals surface area contributed by atoms with Crippen LogP contribution >= 0.6 is 0 Å². The van der Waals surface area contributed by atoms with Gasteiger partial charge in [0.25, 0.3) is 0 Å². The van der Waals surface area contributed by atoms with Crippen LogP contribution in [-0.2, 0) is 32.9 Å². The molecule has 0 aromatic carbocycles. The molecular formula is C6H11NO7V. The summed E-state index contributed by atoms with van der Waals surface area (Å²) in [6.45, 7) is 0. The minimum absolute atomic E-state index is 0. The molecule has 0 unspecified atom stereocenters. The quantitative estimate of drug-likeness (QED) is 0.415. The van der Waals surface area contributed by atoms with Crippen LogP contribution < -0.4 is 6.15 Å². The Kier molecular flexibility index (Phi) is 9.40. The maximum absolute atomic E-state index is 10.3. The van der Waals surface area contributed by atoms with Gasteiger partial charge in [-0.1, -0.05) is 0 Å². The number of aliphatic hydroxyl groups is 1. The fourth-order valence-electron chi connectivity index (χ4n) is 0.714. The van der Waals surface area contributed by atoms with Crippen LogP contribution in [0.1, 0.15) is 12.8 Å². The molecule has 1 radical (unpaired) electrons. The molecule has 15 heavy (non-hydrogen) atoms. The van der Waals surface area contributed by atoms with E-state index in [4.69, 9.17) is 20.4 Å². The molecule has 0 spiro atoms. The minimum atomic E-state index is -2.74. The summed E-state index contributed by atoms with van der Waals surface area (Å²) in [5, 5.41) is 33.8. The second-order valence-corrected chi connectivity index (χ2v) is 2.48. The van der Waals surface area contributed by atoms with E-state index < -0.39 is 36.4 Å². The van der Waals surface area contributed by atoms with E-state index in [0.29, 0.717) is 0 Å². The maximum Gasteiger partial charge on any atom is 0.336 e. The molecular weight excluding hydrogens is 249 g/mol. The van der Waals surface area contributed by atoms with E-state index in [0.717, 1.165) is 0 Å². The third-order valence-corrected chi connectivity index (χ3v) is 1.29. The number of carboxylic acid groups (broad SMARTS) is 3.